The molecule has 0 spiro atoms. The molecule has 0 fully saturated rings. The average molecular weight is 325 g/mol. The zero-order valence-corrected chi connectivity index (χ0v) is 15.0. The molecule has 24 heavy (non-hydrogen) atoms. The normalized spacial score (nSPS) is 14.7. The fourth-order valence-electron chi connectivity index (χ4n) is 3.38. The predicted octanol–water partition coefficient (Wildman–Crippen LogP) is 3.43. The highest BCUT2D eigenvalue weighted by molar-refractivity contribution is 5.44. The molecule has 1 aliphatic carbocycles. The molecule has 0 unspecified atom stereocenters. The minimum atomic E-state index is 0.393. The van der Waals surface area contributed by atoms with Crippen LogP contribution in [0.15, 0.2) is 30.7 Å². The highest BCUT2D eigenvalue weighted by Gasteiger charge is 2.18. The summed E-state index contributed by atoms with van der Waals surface area (Å²) in [6, 6.07) is 5.02. The summed E-state index contributed by atoms with van der Waals surface area (Å²) >= 11 is 0. The van der Waals surface area contributed by atoms with Crippen molar-refractivity contribution in [2.75, 3.05) is 13.7 Å². The van der Waals surface area contributed by atoms with Crippen molar-refractivity contribution >= 4 is 0 Å². The summed E-state index contributed by atoms with van der Waals surface area (Å²) in [7, 11) is 2.17. The van der Waals surface area contributed by atoms with Crippen LogP contribution in [0.3, 0.4) is 0 Å². The zero-order chi connectivity index (χ0) is 16.9. The first-order valence-electron chi connectivity index (χ1n) is 8.90. The summed E-state index contributed by atoms with van der Waals surface area (Å²) in [5, 5.41) is 0. The maximum atomic E-state index is 5.91. The van der Waals surface area contributed by atoms with Crippen LogP contribution in [0.1, 0.15) is 42.7 Å². The highest BCUT2D eigenvalue weighted by atomic mass is 16.5. The van der Waals surface area contributed by atoms with Gasteiger partial charge in [0, 0.05) is 43.2 Å². The fraction of sp³-hybridized carbons (Fsp3) is 0.500. The molecule has 2 aromatic rings. The molecule has 1 heterocycles. The number of aryl methyl sites for hydroxylation is 2. The first-order valence-corrected chi connectivity index (χ1v) is 8.90. The van der Waals surface area contributed by atoms with Crippen molar-refractivity contribution < 1.29 is 4.74 Å². The molecule has 4 nitrogen and oxygen atoms in total. The lowest BCUT2D eigenvalue weighted by atomic mass is 10.0. The number of aromatic nitrogens is 2. The quantitative estimate of drug-likeness (QED) is 0.782. The molecule has 3 rings (SSSR count). The van der Waals surface area contributed by atoms with E-state index in [1.807, 2.05) is 6.20 Å². The van der Waals surface area contributed by atoms with Gasteiger partial charge in [-0.05, 0) is 57.4 Å². The van der Waals surface area contributed by atoms with Gasteiger partial charge in [0.2, 0.25) is 0 Å². The van der Waals surface area contributed by atoms with E-state index >= 15 is 0 Å². The Kier molecular flexibility index (Phi) is 5.46. The second-order valence-electron chi connectivity index (χ2n) is 6.68. The van der Waals surface area contributed by atoms with E-state index in [9.17, 15) is 0 Å². The van der Waals surface area contributed by atoms with Crippen molar-refractivity contribution in [3.63, 3.8) is 0 Å². The first kappa shape index (κ1) is 16.9. The van der Waals surface area contributed by atoms with Crippen LogP contribution in [0.25, 0.3) is 0 Å². The van der Waals surface area contributed by atoms with Crippen LogP contribution in [0.4, 0.5) is 0 Å². The van der Waals surface area contributed by atoms with Gasteiger partial charge in [-0.1, -0.05) is 6.07 Å². The van der Waals surface area contributed by atoms with Crippen LogP contribution in [0.5, 0.6) is 5.75 Å². The number of ether oxygens (including phenoxy) is 1. The van der Waals surface area contributed by atoms with E-state index in [4.69, 9.17) is 4.74 Å². The van der Waals surface area contributed by atoms with Gasteiger partial charge in [-0.3, -0.25) is 14.9 Å². The van der Waals surface area contributed by atoms with Gasteiger partial charge in [0.05, 0.1) is 12.3 Å². The van der Waals surface area contributed by atoms with Crippen molar-refractivity contribution in [3.05, 3.63) is 53.1 Å². The zero-order valence-electron chi connectivity index (χ0n) is 15.0. The van der Waals surface area contributed by atoms with Gasteiger partial charge >= 0.3 is 0 Å². The maximum Gasteiger partial charge on any atom is 0.124 e. The van der Waals surface area contributed by atoms with E-state index in [1.54, 1.807) is 12.4 Å². The number of rotatable bonds is 7. The van der Waals surface area contributed by atoms with Crippen LogP contribution >= 0.6 is 0 Å². The third-order valence-corrected chi connectivity index (χ3v) is 4.87. The molecular formula is C20H27N3O. The molecule has 0 N–H and O–H groups in total. The molecule has 1 atom stereocenters. The Hall–Kier alpha value is -1.94. The first-order chi connectivity index (χ1) is 11.7. The summed E-state index contributed by atoms with van der Waals surface area (Å²) in [5.74, 6) is 1.05. The molecule has 0 saturated heterocycles. The van der Waals surface area contributed by atoms with Crippen LogP contribution in [-0.2, 0) is 25.8 Å². The topological polar surface area (TPSA) is 38.2 Å². The number of hydrogen-bond donors (Lipinski definition) is 0. The lowest BCUT2D eigenvalue weighted by molar-refractivity contribution is 0.240. The van der Waals surface area contributed by atoms with Gasteiger partial charge in [-0.15, -0.1) is 0 Å². The molecular weight excluding hydrogens is 298 g/mol. The molecule has 1 aromatic carbocycles. The summed E-state index contributed by atoms with van der Waals surface area (Å²) in [6.45, 7) is 5.90. The third-order valence-electron chi connectivity index (χ3n) is 4.87. The molecule has 0 saturated carbocycles. The standard InChI is InChI=1S/C20H27N3O/c1-4-24-20-12-17-7-5-6-16(17)11-18(20)14-23(3)15(2)10-19-13-21-8-9-22-19/h8-9,11-13,15H,4-7,10,14H2,1-3H3/t15-/m1/s1. The highest BCUT2D eigenvalue weighted by Crippen LogP contribution is 2.31. The van der Waals surface area contributed by atoms with Gasteiger partial charge in [0.1, 0.15) is 5.75 Å². The minimum Gasteiger partial charge on any atom is -0.494 e. The molecule has 0 bridgehead atoms. The smallest absolute Gasteiger partial charge is 0.124 e. The van der Waals surface area contributed by atoms with E-state index < -0.39 is 0 Å². The van der Waals surface area contributed by atoms with Gasteiger partial charge in [-0.25, -0.2) is 0 Å². The Morgan fingerprint density at radius 1 is 1.21 bits per heavy atom. The van der Waals surface area contributed by atoms with Crippen molar-refractivity contribution in [1.82, 2.24) is 14.9 Å². The molecule has 0 amide bonds. The molecule has 1 aromatic heterocycles. The lowest BCUT2D eigenvalue weighted by Gasteiger charge is -2.26. The summed E-state index contributed by atoms with van der Waals surface area (Å²) in [4.78, 5) is 10.9. The predicted molar refractivity (Wildman–Crippen MR) is 96.3 cm³/mol. The van der Waals surface area contributed by atoms with Crippen molar-refractivity contribution in [2.45, 2.75) is 52.1 Å². The molecule has 0 radical (unpaired) electrons. The van der Waals surface area contributed by atoms with Crippen molar-refractivity contribution in [2.24, 2.45) is 0 Å². The van der Waals surface area contributed by atoms with E-state index in [0.29, 0.717) is 12.6 Å². The fourth-order valence-corrected chi connectivity index (χ4v) is 3.38. The van der Waals surface area contributed by atoms with Gasteiger partial charge in [-0.2, -0.15) is 0 Å². The second kappa shape index (κ2) is 7.75. The number of benzene rings is 1. The summed E-state index contributed by atoms with van der Waals surface area (Å²) < 4.78 is 5.91. The van der Waals surface area contributed by atoms with Gasteiger partial charge in [0.25, 0.3) is 0 Å². The van der Waals surface area contributed by atoms with E-state index in [0.717, 1.165) is 24.4 Å². The monoisotopic (exact) mass is 325 g/mol. The third kappa shape index (κ3) is 3.93. The summed E-state index contributed by atoms with van der Waals surface area (Å²) in [5.41, 5.74) is 5.31. The Morgan fingerprint density at radius 2 is 2.00 bits per heavy atom. The minimum absolute atomic E-state index is 0.393. The number of nitrogens with zero attached hydrogens (tertiary/aromatic N) is 3. The number of likely N-dealkylation sites (N-methyl/N-ethyl adjacent to an activating group) is 1. The van der Waals surface area contributed by atoms with E-state index in [1.165, 1.54) is 36.0 Å². The Bertz CT molecular complexity index is 672. The molecule has 1 aliphatic rings. The van der Waals surface area contributed by atoms with Crippen LogP contribution in [-0.4, -0.2) is 34.6 Å². The molecule has 128 valence electrons. The molecule has 4 heteroatoms. The maximum absolute atomic E-state index is 5.91. The van der Waals surface area contributed by atoms with Crippen molar-refractivity contribution in [3.8, 4) is 5.75 Å². The van der Waals surface area contributed by atoms with Crippen molar-refractivity contribution in [1.29, 1.82) is 0 Å². The summed E-state index contributed by atoms with van der Waals surface area (Å²) in [6.07, 6.45) is 9.89. The van der Waals surface area contributed by atoms with Gasteiger partial charge < -0.3 is 4.74 Å². The Labute approximate surface area is 144 Å². The number of fused-ring (bicyclic) bond motifs is 1. The van der Waals surface area contributed by atoms with Crippen LogP contribution in [0, 0.1) is 0 Å². The van der Waals surface area contributed by atoms with Gasteiger partial charge in [0.15, 0.2) is 0 Å². The lowest BCUT2D eigenvalue weighted by Crippen LogP contribution is -2.31. The van der Waals surface area contributed by atoms with Crippen LogP contribution < -0.4 is 4.74 Å². The largest absolute Gasteiger partial charge is 0.494 e. The van der Waals surface area contributed by atoms with Crippen LogP contribution in [0.2, 0.25) is 0 Å². The van der Waals surface area contributed by atoms with E-state index in [-0.39, 0.29) is 0 Å². The Balaban J connectivity index is 1.72. The van der Waals surface area contributed by atoms with E-state index in [2.05, 4.69) is 47.9 Å². The second-order valence-corrected chi connectivity index (χ2v) is 6.68. The molecule has 0 aliphatic heterocycles. The number of hydrogen-bond acceptors (Lipinski definition) is 4. The SMILES string of the molecule is CCOc1cc2c(cc1CN(C)[C@H](C)Cc1cnccn1)CCC2. The average Bonchev–Trinajstić information content (AvgIpc) is 3.03. The Morgan fingerprint density at radius 3 is 2.71 bits per heavy atom.